The predicted molar refractivity (Wildman–Crippen MR) is 67.7 cm³/mol. The summed E-state index contributed by atoms with van der Waals surface area (Å²) in [4.78, 5) is 29.7. The molecule has 1 heterocycles. The summed E-state index contributed by atoms with van der Waals surface area (Å²) in [6.45, 7) is 3.28. The number of carbonyl (C=O) groups excluding carboxylic acids is 2. The molecule has 0 saturated carbocycles. The second-order valence-electron chi connectivity index (χ2n) is 3.97. The molecule has 5 heteroatoms. The van der Waals surface area contributed by atoms with E-state index >= 15 is 0 Å². The number of rotatable bonds is 3. The first-order chi connectivity index (χ1) is 8.56. The van der Waals surface area contributed by atoms with Crippen molar-refractivity contribution in [3.8, 4) is 0 Å². The molecule has 0 atom stereocenters. The summed E-state index contributed by atoms with van der Waals surface area (Å²) >= 11 is 0. The third-order valence-corrected chi connectivity index (χ3v) is 2.50. The van der Waals surface area contributed by atoms with Gasteiger partial charge in [-0.25, -0.2) is 4.98 Å². The van der Waals surface area contributed by atoms with Crippen LogP contribution in [0, 0.1) is 6.92 Å². The van der Waals surface area contributed by atoms with Crippen LogP contribution in [0.3, 0.4) is 0 Å². The van der Waals surface area contributed by atoms with E-state index in [9.17, 15) is 9.59 Å². The highest BCUT2D eigenvalue weighted by Gasteiger charge is 2.08. The van der Waals surface area contributed by atoms with E-state index in [-0.39, 0.29) is 11.7 Å². The zero-order chi connectivity index (χ0) is 13.1. The highest BCUT2D eigenvalue weighted by molar-refractivity contribution is 6.03. The van der Waals surface area contributed by atoms with Crippen LogP contribution in [0.25, 0.3) is 0 Å². The van der Waals surface area contributed by atoms with Crippen LogP contribution in [-0.4, -0.2) is 21.7 Å². The van der Waals surface area contributed by atoms with E-state index in [1.54, 1.807) is 31.2 Å². The molecule has 0 aliphatic heterocycles. The first kappa shape index (κ1) is 12.0. The lowest BCUT2D eigenvalue weighted by atomic mass is 10.1. The third kappa shape index (κ3) is 2.63. The highest BCUT2D eigenvalue weighted by atomic mass is 16.2. The molecular formula is C13H13N3O2. The molecule has 2 N–H and O–H groups in total. The zero-order valence-corrected chi connectivity index (χ0v) is 10.2. The van der Waals surface area contributed by atoms with Crippen molar-refractivity contribution in [2.75, 3.05) is 5.32 Å². The maximum absolute atomic E-state index is 11.8. The van der Waals surface area contributed by atoms with Crippen molar-refractivity contribution in [1.29, 1.82) is 0 Å². The highest BCUT2D eigenvalue weighted by Crippen LogP contribution is 2.11. The number of imidazole rings is 1. The molecule has 18 heavy (non-hydrogen) atoms. The van der Waals surface area contributed by atoms with Gasteiger partial charge in [0.25, 0.3) is 5.91 Å². The van der Waals surface area contributed by atoms with Gasteiger partial charge in [-0.2, -0.15) is 0 Å². The summed E-state index contributed by atoms with van der Waals surface area (Å²) in [6.07, 6.45) is 1.48. The number of amides is 1. The number of Topliss-reactive ketones (excluding diaryl/α,β-unsaturated/α-hetero) is 1. The van der Waals surface area contributed by atoms with Gasteiger partial charge in [0.05, 0.1) is 6.20 Å². The number of nitrogens with one attached hydrogen (secondary N) is 2. The number of H-pyrrole nitrogens is 1. The summed E-state index contributed by atoms with van der Waals surface area (Å²) in [5.41, 5.74) is 1.66. The van der Waals surface area contributed by atoms with Gasteiger partial charge in [-0.05, 0) is 38.1 Å². The van der Waals surface area contributed by atoms with Gasteiger partial charge < -0.3 is 10.3 Å². The van der Waals surface area contributed by atoms with Gasteiger partial charge in [0.15, 0.2) is 5.78 Å². The molecule has 0 bridgehead atoms. The molecule has 0 aliphatic rings. The van der Waals surface area contributed by atoms with Crippen molar-refractivity contribution in [3.63, 3.8) is 0 Å². The summed E-state index contributed by atoms with van der Waals surface area (Å²) in [7, 11) is 0. The summed E-state index contributed by atoms with van der Waals surface area (Å²) in [5.74, 6) is 0.426. The fraction of sp³-hybridized carbons (Fsp3) is 0.154. The first-order valence-electron chi connectivity index (χ1n) is 5.50. The number of benzene rings is 1. The molecule has 1 amide bonds. The average Bonchev–Trinajstić information content (AvgIpc) is 2.76. The molecule has 92 valence electrons. The largest absolute Gasteiger partial charge is 0.338 e. The number of aromatic nitrogens is 2. The lowest BCUT2D eigenvalue weighted by molar-refractivity contribution is 0.101. The van der Waals surface area contributed by atoms with E-state index < -0.39 is 0 Å². The van der Waals surface area contributed by atoms with Crippen molar-refractivity contribution >= 4 is 17.4 Å². The fourth-order valence-electron chi connectivity index (χ4n) is 1.52. The molecule has 0 aliphatic carbocycles. The molecule has 5 nitrogen and oxygen atoms in total. The van der Waals surface area contributed by atoms with Crippen LogP contribution in [0.15, 0.2) is 30.5 Å². The average molecular weight is 243 g/mol. The van der Waals surface area contributed by atoms with Crippen molar-refractivity contribution in [3.05, 3.63) is 47.5 Å². The van der Waals surface area contributed by atoms with Crippen LogP contribution >= 0.6 is 0 Å². The van der Waals surface area contributed by atoms with E-state index in [1.807, 2.05) is 0 Å². The van der Waals surface area contributed by atoms with Crippen LogP contribution in [-0.2, 0) is 0 Å². The van der Waals surface area contributed by atoms with Crippen molar-refractivity contribution in [2.45, 2.75) is 13.8 Å². The van der Waals surface area contributed by atoms with Crippen LogP contribution in [0.5, 0.6) is 0 Å². The maximum Gasteiger partial charge on any atom is 0.273 e. The maximum atomic E-state index is 11.8. The van der Waals surface area contributed by atoms with E-state index in [0.717, 1.165) is 0 Å². The predicted octanol–water partition coefficient (Wildman–Crippen LogP) is 2.17. The number of aryl methyl sites for hydroxylation is 1. The van der Waals surface area contributed by atoms with E-state index in [2.05, 4.69) is 15.3 Å². The van der Waals surface area contributed by atoms with Crippen LogP contribution in [0.1, 0.15) is 33.6 Å². The Balaban J connectivity index is 2.10. The fourth-order valence-corrected chi connectivity index (χ4v) is 1.52. The summed E-state index contributed by atoms with van der Waals surface area (Å²) in [6, 6.07) is 6.74. The van der Waals surface area contributed by atoms with Crippen molar-refractivity contribution < 1.29 is 9.59 Å². The molecule has 0 unspecified atom stereocenters. The Labute approximate surface area is 104 Å². The standard InChI is InChI=1S/C13H13N3O2/c1-8(17)10-3-5-11(6-4-10)16-13(18)12-7-14-9(2)15-12/h3-7H,1-2H3,(H,14,15)(H,16,18). The van der Waals surface area contributed by atoms with Gasteiger partial charge in [-0.15, -0.1) is 0 Å². The Morgan fingerprint density at radius 1 is 1.22 bits per heavy atom. The Morgan fingerprint density at radius 2 is 1.89 bits per heavy atom. The van der Waals surface area contributed by atoms with Gasteiger partial charge in [-0.3, -0.25) is 9.59 Å². The monoisotopic (exact) mass is 243 g/mol. The normalized spacial score (nSPS) is 10.1. The summed E-state index contributed by atoms with van der Waals surface area (Å²) < 4.78 is 0. The Kier molecular flexibility index (Phi) is 3.23. The van der Waals surface area contributed by atoms with Crippen molar-refractivity contribution in [1.82, 2.24) is 9.97 Å². The van der Waals surface area contributed by atoms with Crippen LogP contribution in [0.4, 0.5) is 5.69 Å². The lowest BCUT2D eigenvalue weighted by Crippen LogP contribution is -2.12. The Bertz CT molecular complexity index is 585. The van der Waals surface area contributed by atoms with E-state index in [4.69, 9.17) is 0 Å². The molecule has 1 aromatic carbocycles. The number of carbonyl (C=O) groups is 2. The number of hydrogen-bond acceptors (Lipinski definition) is 3. The molecule has 2 rings (SSSR count). The number of aromatic amines is 1. The first-order valence-corrected chi connectivity index (χ1v) is 5.50. The molecule has 0 radical (unpaired) electrons. The van der Waals surface area contributed by atoms with E-state index in [1.165, 1.54) is 13.1 Å². The molecule has 1 aromatic heterocycles. The quantitative estimate of drug-likeness (QED) is 0.811. The second kappa shape index (κ2) is 4.83. The number of ketones is 1. The van der Waals surface area contributed by atoms with Gasteiger partial charge in [-0.1, -0.05) is 0 Å². The van der Waals surface area contributed by atoms with Gasteiger partial charge in [0.2, 0.25) is 0 Å². The zero-order valence-electron chi connectivity index (χ0n) is 10.2. The number of anilines is 1. The second-order valence-corrected chi connectivity index (χ2v) is 3.97. The minimum Gasteiger partial charge on any atom is -0.338 e. The molecule has 2 aromatic rings. The van der Waals surface area contributed by atoms with E-state index in [0.29, 0.717) is 22.8 Å². The van der Waals surface area contributed by atoms with Crippen LogP contribution in [0.2, 0.25) is 0 Å². The lowest BCUT2D eigenvalue weighted by Gasteiger charge is -2.04. The Morgan fingerprint density at radius 3 is 2.39 bits per heavy atom. The SMILES string of the molecule is CC(=O)c1ccc(NC(=O)c2cnc(C)[nH]2)cc1. The van der Waals surface area contributed by atoms with Crippen molar-refractivity contribution in [2.24, 2.45) is 0 Å². The number of hydrogen-bond donors (Lipinski definition) is 2. The topological polar surface area (TPSA) is 74.8 Å². The molecule has 0 saturated heterocycles. The van der Waals surface area contributed by atoms with Gasteiger partial charge in [0, 0.05) is 11.3 Å². The molecule has 0 fully saturated rings. The Hall–Kier alpha value is -2.43. The third-order valence-electron chi connectivity index (χ3n) is 2.50. The molecular weight excluding hydrogens is 230 g/mol. The van der Waals surface area contributed by atoms with Gasteiger partial charge >= 0.3 is 0 Å². The van der Waals surface area contributed by atoms with Gasteiger partial charge in [0.1, 0.15) is 11.5 Å². The van der Waals surface area contributed by atoms with Crippen LogP contribution < -0.4 is 5.32 Å². The summed E-state index contributed by atoms with van der Waals surface area (Å²) in [5, 5.41) is 2.72. The minimum atomic E-state index is -0.258. The minimum absolute atomic E-state index is 0.00271. The molecule has 0 spiro atoms. The smallest absolute Gasteiger partial charge is 0.273 e. The number of nitrogens with zero attached hydrogens (tertiary/aromatic N) is 1.